The van der Waals surface area contributed by atoms with Gasteiger partial charge in [-0.2, -0.15) is 0 Å². The molecule has 0 aliphatic carbocycles. The summed E-state index contributed by atoms with van der Waals surface area (Å²) >= 11 is 0. The van der Waals surface area contributed by atoms with Gasteiger partial charge >= 0.3 is 5.97 Å². The molecule has 0 unspecified atom stereocenters. The SMILES string of the molecule is CNC(=O)c1cc(C(=O)OC)cn(Cc2cccc(C(C)=O)c2)c1=O. The number of rotatable bonds is 5. The third-order valence-electron chi connectivity index (χ3n) is 3.67. The second-order valence-electron chi connectivity index (χ2n) is 5.40. The van der Waals surface area contributed by atoms with Crippen LogP contribution in [0.2, 0.25) is 0 Å². The van der Waals surface area contributed by atoms with Crippen molar-refractivity contribution in [3.63, 3.8) is 0 Å². The number of carbonyl (C=O) groups excluding carboxylic acids is 3. The largest absolute Gasteiger partial charge is 0.465 e. The number of benzene rings is 1. The number of methoxy groups -OCH3 is 1. The summed E-state index contributed by atoms with van der Waals surface area (Å²) in [5.41, 5.74) is 0.595. The molecule has 0 radical (unpaired) electrons. The minimum absolute atomic E-state index is 0.0865. The van der Waals surface area contributed by atoms with Gasteiger partial charge in [0.1, 0.15) is 5.56 Å². The fraction of sp³-hybridized carbons (Fsp3) is 0.222. The van der Waals surface area contributed by atoms with Crippen molar-refractivity contribution in [3.8, 4) is 0 Å². The lowest BCUT2D eigenvalue weighted by Gasteiger charge is -2.11. The molecule has 1 heterocycles. The van der Waals surface area contributed by atoms with E-state index in [9.17, 15) is 19.2 Å². The van der Waals surface area contributed by atoms with Crippen LogP contribution < -0.4 is 10.9 Å². The van der Waals surface area contributed by atoms with Crippen LogP contribution in [-0.4, -0.2) is 36.4 Å². The zero-order valence-electron chi connectivity index (χ0n) is 14.2. The highest BCUT2D eigenvalue weighted by atomic mass is 16.5. The Morgan fingerprint density at radius 3 is 2.48 bits per heavy atom. The van der Waals surface area contributed by atoms with E-state index in [1.54, 1.807) is 24.3 Å². The molecule has 1 aromatic heterocycles. The Hall–Kier alpha value is -3.22. The molecule has 7 heteroatoms. The number of Topliss-reactive ketones (excluding diaryl/α,β-unsaturated/α-hetero) is 1. The molecule has 1 N–H and O–H groups in total. The molecule has 2 aromatic rings. The summed E-state index contributed by atoms with van der Waals surface area (Å²) in [5, 5.41) is 2.37. The maximum Gasteiger partial charge on any atom is 0.339 e. The molecule has 0 atom stereocenters. The van der Waals surface area contributed by atoms with E-state index in [-0.39, 0.29) is 23.5 Å². The van der Waals surface area contributed by atoms with Gasteiger partial charge in [0.15, 0.2) is 5.78 Å². The van der Waals surface area contributed by atoms with E-state index in [4.69, 9.17) is 0 Å². The van der Waals surface area contributed by atoms with Gasteiger partial charge < -0.3 is 14.6 Å². The molecule has 7 nitrogen and oxygen atoms in total. The molecule has 0 bridgehead atoms. The Morgan fingerprint density at radius 1 is 1.16 bits per heavy atom. The predicted molar refractivity (Wildman–Crippen MR) is 91.0 cm³/mol. The van der Waals surface area contributed by atoms with Gasteiger partial charge in [-0.15, -0.1) is 0 Å². The van der Waals surface area contributed by atoms with Gasteiger partial charge in [-0.1, -0.05) is 18.2 Å². The second kappa shape index (κ2) is 7.57. The number of aromatic nitrogens is 1. The minimum atomic E-state index is -0.656. The Bertz CT molecular complexity index is 899. The molecule has 2 rings (SSSR count). The van der Waals surface area contributed by atoms with Crippen LogP contribution in [0.4, 0.5) is 0 Å². The van der Waals surface area contributed by atoms with Crippen LogP contribution in [0.1, 0.15) is 43.6 Å². The fourth-order valence-electron chi connectivity index (χ4n) is 2.37. The molecule has 0 saturated carbocycles. The summed E-state index contributed by atoms with van der Waals surface area (Å²) in [5.74, 6) is -1.35. The Balaban J connectivity index is 2.54. The molecule has 0 aliphatic heterocycles. The Morgan fingerprint density at radius 2 is 1.88 bits per heavy atom. The van der Waals surface area contributed by atoms with Crippen LogP contribution >= 0.6 is 0 Å². The zero-order valence-corrected chi connectivity index (χ0v) is 14.2. The van der Waals surface area contributed by atoms with Gasteiger partial charge in [0.2, 0.25) is 0 Å². The molecule has 0 spiro atoms. The number of pyridine rings is 1. The summed E-state index contributed by atoms with van der Waals surface area (Å²) in [4.78, 5) is 47.8. The average Bonchev–Trinajstić information content (AvgIpc) is 2.62. The standard InChI is InChI=1S/C18H18N2O5/c1-11(21)13-6-4-5-12(7-13)9-20-10-14(18(24)25-3)8-15(17(20)23)16(22)19-2/h4-8,10H,9H2,1-3H3,(H,19,22). The number of amides is 1. The van der Waals surface area contributed by atoms with E-state index in [1.807, 2.05) is 0 Å². The quantitative estimate of drug-likeness (QED) is 0.652. The molecule has 1 amide bonds. The van der Waals surface area contributed by atoms with E-state index < -0.39 is 17.4 Å². The highest BCUT2D eigenvalue weighted by Crippen LogP contribution is 2.09. The topological polar surface area (TPSA) is 94.5 Å². The van der Waals surface area contributed by atoms with Crippen molar-refractivity contribution in [1.82, 2.24) is 9.88 Å². The van der Waals surface area contributed by atoms with Gasteiger partial charge in [-0.3, -0.25) is 14.4 Å². The van der Waals surface area contributed by atoms with Gasteiger partial charge in [0, 0.05) is 18.8 Å². The average molecular weight is 342 g/mol. The summed E-state index contributed by atoms with van der Waals surface area (Å²) in [6.07, 6.45) is 1.33. The number of ether oxygens (including phenoxy) is 1. The first kappa shape index (κ1) is 18.1. The van der Waals surface area contributed by atoms with Gasteiger partial charge in [-0.05, 0) is 24.6 Å². The fourth-order valence-corrected chi connectivity index (χ4v) is 2.37. The molecule has 130 valence electrons. The van der Waals surface area contributed by atoms with E-state index >= 15 is 0 Å². The van der Waals surface area contributed by atoms with Crippen LogP contribution in [0.15, 0.2) is 41.3 Å². The van der Waals surface area contributed by atoms with Crippen molar-refractivity contribution < 1.29 is 19.1 Å². The van der Waals surface area contributed by atoms with Gasteiger partial charge in [0.05, 0.1) is 19.2 Å². The molecule has 0 saturated heterocycles. The number of nitrogens with one attached hydrogen (secondary N) is 1. The number of hydrogen-bond acceptors (Lipinski definition) is 5. The lowest BCUT2D eigenvalue weighted by atomic mass is 10.1. The summed E-state index contributed by atoms with van der Waals surface area (Å²) < 4.78 is 5.92. The van der Waals surface area contributed by atoms with E-state index in [0.29, 0.717) is 11.1 Å². The van der Waals surface area contributed by atoms with E-state index in [1.165, 1.54) is 37.9 Å². The molecule has 25 heavy (non-hydrogen) atoms. The molecular formula is C18H18N2O5. The van der Waals surface area contributed by atoms with Gasteiger partial charge in [-0.25, -0.2) is 4.79 Å². The number of carbonyl (C=O) groups is 3. The lowest BCUT2D eigenvalue weighted by molar-refractivity contribution is 0.0599. The maximum atomic E-state index is 12.5. The minimum Gasteiger partial charge on any atom is -0.465 e. The first-order valence-corrected chi connectivity index (χ1v) is 7.52. The summed E-state index contributed by atoms with van der Waals surface area (Å²) in [7, 11) is 2.61. The van der Waals surface area contributed by atoms with Gasteiger partial charge in [0.25, 0.3) is 11.5 Å². The molecule has 0 fully saturated rings. The first-order valence-electron chi connectivity index (χ1n) is 7.52. The Kier molecular flexibility index (Phi) is 5.49. The number of esters is 1. The van der Waals surface area contributed by atoms with Crippen LogP contribution in [0, 0.1) is 0 Å². The summed E-state index contributed by atoms with van der Waals surface area (Å²) in [6, 6.07) is 8.01. The second-order valence-corrected chi connectivity index (χ2v) is 5.40. The monoisotopic (exact) mass is 342 g/mol. The van der Waals surface area contributed by atoms with E-state index in [0.717, 1.165) is 0 Å². The number of nitrogens with zero attached hydrogens (tertiary/aromatic N) is 1. The maximum absolute atomic E-state index is 12.5. The predicted octanol–water partition coefficient (Wildman–Crippen LogP) is 1.25. The normalized spacial score (nSPS) is 10.2. The van der Waals surface area contributed by atoms with Crippen LogP contribution in [0.3, 0.4) is 0 Å². The lowest BCUT2D eigenvalue weighted by Crippen LogP contribution is -2.32. The molecular weight excluding hydrogens is 324 g/mol. The van der Waals surface area contributed by atoms with Crippen molar-refractivity contribution in [2.45, 2.75) is 13.5 Å². The summed E-state index contributed by atoms with van der Waals surface area (Å²) in [6.45, 7) is 1.56. The third-order valence-corrected chi connectivity index (χ3v) is 3.67. The number of hydrogen-bond donors (Lipinski definition) is 1. The van der Waals surface area contributed by atoms with Crippen molar-refractivity contribution in [3.05, 3.63) is 69.1 Å². The first-order chi connectivity index (χ1) is 11.9. The Labute approximate surface area is 144 Å². The van der Waals surface area contributed by atoms with Crippen LogP contribution in [0.5, 0.6) is 0 Å². The highest BCUT2D eigenvalue weighted by molar-refractivity contribution is 5.97. The van der Waals surface area contributed by atoms with Crippen LogP contribution in [0.25, 0.3) is 0 Å². The van der Waals surface area contributed by atoms with Crippen LogP contribution in [-0.2, 0) is 11.3 Å². The van der Waals surface area contributed by atoms with Crippen molar-refractivity contribution in [2.75, 3.05) is 14.2 Å². The van der Waals surface area contributed by atoms with Crippen molar-refractivity contribution in [1.29, 1.82) is 0 Å². The smallest absolute Gasteiger partial charge is 0.339 e. The van der Waals surface area contributed by atoms with Crippen molar-refractivity contribution >= 4 is 17.7 Å². The molecule has 0 aliphatic rings. The third kappa shape index (κ3) is 4.00. The van der Waals surface area contributed by atoms with E-state index in [2.05, 4.69) is 10.1 Å². The zero-order chi connectivity index (χ0) is 18.6. The highest BCUT2D eigenvalue weighted by Gasteiger charge is 2.17. The number of ketones is 1. The van der Waals surface area contributed by atoms with Crippen molar-refractivity contribution in [2.24, 2.45) is 0 Å². The molecule has 1 aromatic carbocycles.